The molecule has 0 aliphatic heterocycles. The zero-order valence-electron chi connectivity index (χ0n) is 11.2. The van der Waals surface area contributed by atoms with Gasteiger partial charge in [0.15, 0.2) is 0 Å². The number of rotatable bonds is 4. The van der Waals surface area contributed by atoms with E-state index in [1.165, 1.54) is 35.8 Å². The Morgan fingerprint density at radius 2 is 2.05 bits per heavy atom. The molecule has 1 heterocycles. The Kier molecular flexibility index (Phi) is 3.42. The predicted octanol–water partition coefficient (Wildman–Crippen LogP) is 3.63. The molecule has 0 amide bonds. The maximum Gasteiger partial charge on any atom is 0.147 e. The van der Waals surface area contributed by atoms with Crippen LogP contribution in [-0.2, 0) is 0 Å². The van der Waals surface area contributed by atoms with E-state index in [1.54, 1.807) is 0 Å². The van der Waals surface area contributed by atoms with Gasteiger partial charge in [-0.05, 0) is 35.9 Å². The number of hydrogen-bond donors (Lipinski definition) is 1. The molecule has 1 aromatic heterocycles. The summed E-state index contributed by atoms with van der Waals surface area (Å²) in [4.78, 5) is 2.32. The molecule has 3 rings (SSSR count). The molecule has 4 heteroatoms. The lowest BCUT2D eigenvalue weighted by Gasteiger charge is -2.30. The summed E-state index contributed by atoms with van der Waals surface area (Å²) in [5, 5.41) is 1.19. The van der Waals surface area contributed by atoms with E-state index in [-0.39, 0.29) is 0 Å². The molecule has 100 valence electrons. The van der Waals surface area contributed by atoms with Crippen LogP contribution in [0.25, 0.3) is 11.1 Å². The van der Waals surface area contributed by atoms with Crippen LogP contribution in [0.3, 0.4) is 0 Å². The Morgan fingerprint density at radius 1 is 1.32 bits per heavy atom. The third-order valence-electron chi connectivity index (χ3n) is 3.87. The molecular weight excluding hydrogens is 254 g/mol. The van der Waals surface area contributed by atoms with Crippen LogP contribution in [0.1, 0.15) is 19.3 Å². The minimum absolute atomic E-state index is 0.645. The van der Waals surface area contributed by atoms with Crippen molar-refractivity contribution in [2.45, 2.75) is 19.3 Å². The van der Waals surface area contributed by atoms with Crippen LogP contribution < -0.4 is 10.6 Å². The summed E-state index contributed by atoms with van der Waals surface area (Å²) in [5.74, 6) is 1.49. The first-order valence-electron chi connectivity index (χ1n) is 6.77. The molecule has 0 atom stereocenters. The molecular formula is C15H19N3S. The number of nitrogens with two attached hydrogens (primary N) is 1. The molecule has 0 unspecified atom stereocenters. The second kappa shape index (κ2) is 5.21. The fourth-order valence-electron chi connectivity index (χ4n) is 2.58. The smallest absolute Gasteiger partial charge is 0.147 e. The summed E-state index contributed by atoms with van der Waals surface area (Å²) in [6.45, 7) is 1.11. The molecule has 0 saturated heterocycles. The molecule has 2 N–H and O–H groups in total. The third-order valence-corrected chi connectivity index (χ3v) is 4.84. The maximum atomic E-state index is 6.06. The quantitative estimate of drug-likeness (QED) is 0.925. The van der Waals surface area contributed by atoms with Crippen molar-refractivity contribution in [2.24, 2.45) is 5.92 Å². The number of hydrogen-bond acceptors (Lipinski definition) is 4. The molecule has 1 aromatic carbocycles. The first kappa shape index (κ1) is 12.5. The van der Waals surface area contributed by atoms with Gasteiger partial charge in [0.2, 0.25) is 0 Å². The van der Waals surface area contributed by atoms with Crippen LogP contribution in [0, 0.1) is 5.92 Å². The normalized spacial score (nSPS) is 15.2. The number of nitrogen functional groups attached to an aromatic ring is 1. The van der Waals surface area contributed by atoms with Crippen molar-refractivity contribution >= 4 is 22.4 Å². The number of aromatic nitrogens is 1. The zero-order chi connectivity index (χ0) is 13.2. The van der Waals surface area contributed by atoms with Crippen molar-refractivity contribution in [3.05, 3.63) is 30.3 Å². The van der Waals surface area contributed by atoms with Crippen LogP contribution in [0.5, 0.6) is 0 Å². The molecule has 1 aliphatic carbocycles. The minimum atomic E-state index is 0.645. The molecule has 0 spiro atoms. The zero-order valence-corrected chi connectivity index (χ0v) is 12.0. The third kappa shape index (κ3) is 2.45. The van der Waals surface area contributed by atoms with E-state index in [9.17, 15) is 0 Å². The van der Waals surface area contributed by atoms with Gasteiger partial charge in [0.25, 0.3) is 0 Å². The Labute approximate surface area is 118 Å². The number of anilines is 2. The average molecular weight is 273 g/mol. The van der Waals surface area contributed by atoms with Gasteiger partial charge in [-0.15, -0.1) is 0 Å². The van der Waals surface area contributed by atoms with Gasteiger partial charge < -0.3 is 10.6 Å². The van der Waals surface area contributed by atoms with Gasteiger partial charge >= 0.3 is 0 Å². The maximum absolute atomic E-state index is 6.06. The first-order chi connectivity index (χ1) is 9.25. The Bertz CT molecular complexity index is 546. The first-order valence-corrected chi connectivity index (χ1v) is 7.54. The van der Waals surface area contributed by atoms with Crippen LogP contribution >= 0.6 is 11.5 Å². The van der Waals surface area contributed by atoms with E-state index in [0.717, 1.165) is 23.6 Å². The Balaban J connectivity index is 1.89. The summed E-state index contributed by atoms with van der Waals surface area (Å²) in [5.41, 5.74) is 8.31. The molecule has 19 heavy (non-hydrogen) atoms. The van der Waals surface area contributed by atoms with Crippen molar-refractivity contribution < 1.29 is 0 Å². The highest BCUT2D eigenvalue weighted by Crippen LogP contribution is 2.40. The Hall–Kier alpha value is -1.55. The van der Waals surface area contributed by atoms with E-state index in [1.807, 2.05) is 18.2 Å². The monoisotopic (exact) mass is 273 g/mol. The standard InChI is InChI=1S/C15H19N3S/c1-18(10-11-6-5-7-11)15-13(14(16)17-19-15)12-8-3-2-4-9-12/h2-4,8-9,11H,5-7,10H2,1H3,(H2,16,17). The van der Waals surface area contributed by atoms with Gasteiger partial charge in [-0.2, -0.15) is 4.37 Å². The van der Waals surface area contributed by atoms with E-state index < -0.39 is 0 Å². The number of benzene rings is 1. The SMILES string of the molecule is CN(CC1CCC1)c1snc(N)c1-c1ccccc1. The highest BCUT2D eigenvalue weighted by molar-refractivity contribution is 7.11. The number of nitrogens with zero attached hydrogens (tertiary/aromatic N) is 2. The lowest BCUT2D eigenvalue weighted by atomic mass is 9.85. The van der Waals surface area contributed by atoms with Crippen LogP contribution in [-0.4, -0.2) is 18.0 Å². The summed E-state index contributed by atoms with van der Waals surface area (Å²) >= 11 is 1.51. The van der Waals surface area contributed by atoms with E-state index in [2.05, 4.69) is 28.5 Å². The molecule has 0 radical (unpaired) electrons. The van der Waals surface area contributed by atoms with Crippen molar-refractivity contribution in [1.29, 1.82) is 0 Å². The molecule has 1 fully saturated rings. The van der Waals surface area contributed by atoms with Crippen LogP contribution in [0.15, 0.2) is 30.3 Å². The van der Waals surface area contributed by atoms with E-state index >= 15 is 0 Å². The minimum Gasteiger partial charge on any atom is -0.382 e. The van der Waals surface area contributed by atoms with Gasteiger partial charge in [0, 0.05) is 13.6 Å². The topological polar surface area (TPSA) is 42.2 Å². The van der Waals surface area contributed by atoms with Crippen molar-refractivity contribution in [3.63, 3.8) is 0 Å². The highest BCUT2D eigenvalue weighted by Gasteiger charge is 2.22. The van der Waals surface area contributed by atoms with Gasteiger partial charge in [0.05, 0.1) is 5.56 Å². The lowest BCUT2D eigenvalue weighted by Crippen LogP contribution is -2.29. The molecule has 1 saturated carbocycles. The van der Waals surface area contributed by atoms with Gasteiger partial charge in [0.1, 0.15) is 10.8 Å². The largest absolute Gasteiger partial charge is 0.382 e. The summed E-state index contributed by atoms with van der Waals surface area (Å²) in [7, 11) is 2.15. The lowest BCUT2D eigenvalue weighted by molar-refractivity contribution is 0.322. The van der Waals surface area contributed by atoms with Gasteiger partial charge in [-0.1, -0.05) is 36.8 Å². The molecule has 2 aromatic rings. The van der Waals surface area contributed by atoms with Crippen LogP contribution in [0.2, 0.25) is 0 Å². The van der Waals surface area contributed by atoms with E-state index in [4.69, 9.17) is 5.73 Å². The van der Waals surface area contributed by atoms with Crippen molar-refractivity contribution in [2.75, 3.05) is 24.2 Å². The predicted molar refractivity (Wildman–Crippen MR) is 82.6 cm³/mol. The molecule has 3 nitrogen and oxygen atoms in total. The highest BCUT2D eigenvalue weighted by atomic mass is 32.1. The summed E-state index contributed by atoms with van der Waals surface area (Å²) in [6.07, 6.45) is 4.10. The molecule has 1 aliphatic rings. The summed E-state index contributed by atoms with van der Waals surface area (Å²) < 4.78 is 4.34. The fraction of sp³-hybridized carbons (Fsp3) is 0.400. The van der Waals surface area contributed by atoms with Gasteiger partial charge in [-0.25, -0.2) is 0 Å². The fourth-order valence-corrected chi connectivity index (χ4v) is 3.38. The van der Waals surface area contributed by atoms with E-state index in [0.29, 0.717) is 5.82 Å². The second-order valence-electron chi connectivity index (χ2n) is 5.29. The average Bonchev–Trinajstić information content (AvgIpc) is 2.77. The van der Waals surface area contributed by atoms with Gasteiger partial charge in [-0.3, -0.25) is 0 Å². The van der Waals surface area contributed by atoms with Crippen molar-refractivity contribution in [3.8, 4) is 11.1 Å². The second-order valence-corrected chi connectivity index (χ2v) is 6.04. The molecule has 0 bridgehead atoms. The van der Waals surface area contributed by atoms with Crippen LogP contribution in [0.4, 0.5) is 10.8 Å². The van der Waals surface area contributed by atoms with Crippen molar-refractivity contribution in [1.82, 2.24) is 4.37 Å². The summed E-state index contributed by atoms with van der Waals surface area (Å²) in [6, 6.07) is 10.3. The Morgan fingerprint density at radius 3 is 2.68 bits per heavy atom.